The van der Waals surface area contributed by atoms with Crippen LogP contribution in [0.2, 0.25) is 0 Å². The molecular weight excluding hydrogens is 258 g/mol. The Balaban J connectivity index is 2.68. The topological polar surface area (TPSA) is 107 Å². The maximum Gasteiger partial charge on any atom is 0.408 e. The first kappa shape index (κ1) is 15.8. The third kappa shape index (κ3) is 5.60. The molecule has 0 saturated carbocycles. The highest BCUT2D eigenvalue weighted by Gasteiger charge is 2.22. The summed E-state index contributed by atoms with van der Waals surface area (Å²) in [7, 11) is 0. The number of nitrogens with one attached hydrogen (secondary N) is 1. The average molecular weight is 279 g/mol. The molecule has 0 spiro atoms. The van der Waals surface area contributed by atoms with Crippen LogP contribution < -0.4 is 16.8 Å². The molecule has 6 nitrogen and oxygen atoms in total. The fraction of sp³-hybridized carbons (Fsp3) is 0.429. The van der Waals surface area contributed by atoms with Crippen molar-refractivity contribution in [2.24, 2.45) is 5.73 Å². The van der Waals surface area contributed by atoms with Crippen LogP contribution in [-0.4, -0.2) is 23.6 Å². The van der Waals surface area contributed by atoms with Gasteiger partial charge in [-0.05, 0) is 38.5 Å². The predicted molar refractivity (Wildman–Crippen MR) is 76.9 cm³/mol. The summed E-state index contributed by atoms with van der Waals surface area (Å²) in [6.45, 7) is 5.23. The van der Waals surface area contributed by atoms with Crippen LogP contribution in [0.5, 0.6) is 0 Å². The number of primary amides is 1. The number of ether oxygens (including phenoxy) is 1. The van der Waals surface area contributed by atoms with Gasteiger partial charge in [0.2, 0.25) is 5.91 Å². The zero-order valence-corrected chi connectivity index (χ0v) is 12.0. The molecule has 1 unspecified atom stereocenters. The average Bonchev–Trinajstić information content (AvgIpc) is 2.28. The highest BCUT2D eigenvalue weighted by molar-refractivity contribution is 5.84. The summed E-state index contributed by atoms with van der Waals surface area (Å²) in [6.07, 6.45) is -0.383. The van der Waals surface area contributed by atoms with Gasteiger partial charge in [-0.15, -0.1) is 0 Å². The minimum atomic E-state index is -0.825. The number of alkyl carbamates (subject to hydrolysis) is 1. The number of nitrogen functional groups attached to an aromatic ring is 1. The Hall–Kier alpha value is -2.24. The Morgan fingerprint density at radius 2 is 1.80 bits per heavy atom. The second kappa shape index (κ2) is 6.27. The molecule has 6 heteroatoms. The number of anilines is 1. The van der Waals surface area contributed by atoms with Gasteiger partial charge < -0.3 is 21.5 Å². The van der Waals surface area contributed by atoms with Gasteiger partial charge in [-0.2, -0.15) is 0 Å². The van der Waals surface area contributed by atoms with Crippen molar-refractivity contribution >= 4 is 17.7 Å². The van der Waals surface area contributed by atoms with E-state index >= 15 is 0 Å². The smallest absolute Gasteiger partial charge is 0.408 e. The van der Waals surface area contributed by atoms with Gasteiger partial charge in [0.1, 0.15) is 11.6 Å². The second-order valence-electron chi connectivity index (χ2n) is 5.55. The molecule has 0 bridgehead atoms. The summed E-state index contributed by atoms with van der Waals surface area (Å²) in [5.41, 5.74) is 11.7. The van der Waals surface area contributed by atoms with Crippen LogP contribution in [-0.2, 0) is 16.0 Å². The van der Waals surface area contributed by atoms with Crippen molar-refractivity contribution in [2.75, 3.05) is 5.73 Å². The molecule has 0 radical (unpaired) electrons. The first-order valence-electron chi connectivity index (χ1n) is 6.30. The molecule has 0 saturated heterocycles. The minimum absolute atomic E-state index is 0.287. The summed E-state index contributed by atoms with van der Waals surface area (Å²) in [6, 6.07) is 6.18. The van der Waals surface area contributed by atoms with E-state index in [0.29, 0.717) is 5.69 Å². The van der Waals surface area contributed by atoms with Crippen molar-refractivity contribution in [1.29, 1.82) is 0 Å². The number of nitrogens with two attached hydrogens (primary N) is 2. The van der Waals surface area contributed by atoms with E-state index in [9.17, 15) is 9.59 Å². The monoisotopic (exact) mass is 279 g/mol. The standard InChI is InChI=1S/C14H21N3O3/c1-14(2,3)20-13(19)17-11(12(16)18)8-9-4-6-10(15)7-5-9/h4-7,11H,8,15H2,1-3H3,(H2,16,18)(H,17,19). The molecule has 0 aliphatic rings. The fourth-order valence-corrected chi connectivity index (χ4v) is 1.56. The molecule has 0 fully saturated rings. The fourth-order valence-electron chi connectivity index (χ4n) is 1.56. The van der Waals surface area contributed by atoms with Crippen molar-refractivity contribution in [3.63, 3.8) is 0 Å². The van der Waals surface area contributed by atoms with E-state index in [1.165, 1.54) is 0 Å². The molecule has 20 heavy (non-hydrogen) atoms. The van der Waals surface area contributed by atoms with Crippen LogP contribution in [0.15, 0.2) is 24.3 Å². The summed E-state index contributed by atoms with van der Waals surface area (Å²) < 4.78 is 5.10. The minimum Gasteiger partial charge on any atom is -0.444 e. The van der Waals surface area contributed by atoms with Gasteiger partial charge in [-0.25, -0.2) is 4.79 Å². The lowest BCUT2D eigenvalue weighted by Crippen LogP contribution is -2.47. The number of amides is 2. The van der Waals surface area contributed by atoms with Crippen molar-refractivity contribution in [3.05, 3.63) is 29.8 Å². The molecule has 0 aromatic heterocycles. The Morgan fingerprint density at radius 3 is 2.25 bits per heavy atom. The Bertz CT molecular complexity index is 477. The van der Waals surface area contributed by atoms with Crippen LogP contribution in [0.3, 0.4) is 0 Å². The van der Waals surface area contributed by atoms with Gasteiger partial charge in [-0.3, -0.25) is 4.79 Å². The van der Waals surface area contributed by atoms with Crippen LogP contribution in [0, 0.1) is 0 Å². The van der Waals surface area contributed by atoms with Gasteiger partial charge in [0, 0.05) is 12.1 Å². The van der Waals surface area contributed by atoms with E-state index in [4.69, 9.17) is 16.2 Å². The third-order valence-electron chi connectivity index (χ3n) is 2.45. The normalized spacial score (nSPS) is 12.6. The Labute approximate surface area is 118 Å². The quantitative estimate of drug-likeness (QED) is 0.719. The maximum absolute atomic E-state index is 11.7. The number of hydrogen-bond donors (Lipinski definition) is 3. The summed E-state index contributed by atoms with van der Waals surface area (Å²) in [4.78, 5) is 23.1. The Morgan fingerprint density at radius 1 is 1.25 bits per heavy atom. The first-order valence-corrected chi connectivity index (χ1v) is 6.30. The van der Waals surface area contributed by atoms with Gasteiger partial charge in [0.05, 0.1) is 0 Å². The predicted octanol–water partition coefficient (Wildman–Crippen LogP) is 1.19. The van der Waals surface area contributed by atoms with Crippen LogP contribution in [0.4, 0.5) is 10.5 Å². The molecule has 1 rings (SSSR count). The number of hydrogen-bond acceptors (Lipinski definition) is 4. The van der Waals surface area contributed by atoms with Gasteiger partial charge in [0.15, 0.2) is 0 Å². The molecule has 5 N–H and O–H groups in total. The number of carbonyl (C=O) groups is 2. The SMILES string of the molecule is CC(C)(C)OC(=O)NC(Cc1ccc(N)cc1)C(N)=O. The summed E-state index contributed by atoms with van der Waals surface area (Å²) >= 11 is 0. The lowest BCUT2D eigenvalue weighted by Gasteiger charge is -2.22. The molecule has 2 amide bonds. The highest BCUT2D eigenvalue weighted by Crippen LogP contribution is 2.10. The van der Waals surface area contributed by atoms with Crippen LogP contribution >= 0.6 is 0 Å². The van der Waals surface area contributed by atoms with Crippen LogP contribution in [0.25, 0.3) is 0 Å². The Kier molecular flexibility index (Phi) is 4.96. The third-order valence-corrected chi connectivity index (χ3v) is 2.45. The summed E-state index contributed by atoms with van der Waals surface area (Å²) in [5.74, 6) is -0.618. The lowest BCUT2D eigenvalue weighted by molar-refractivity contribution is -0.120. The molecular formula is C14H21N3O3. The zero-order chi connectivity index (χ0) is 15.3. The van der Waals surface area contributed by atoms with E-state index in [1.807, 2.05) is 0 Å². The van der Waals surface area contributed by atoms with E-state index in [0.717, 1.165) is 5.56 Å². The number of rotatable bonds is 4. The van der Waals surface area contributed by atoms with Crippen molar-refractivity contribution in [1.82, 2.24) is 5.32 Å². The number of carbonyl (C=O) groups excluding carboxylic acids is 2. The molecule has 0 heterocycles. The largest absolute Gasteiger partial charge is 0.444 e. The molecule has 110 valence electrons. The van der Waals surface area contributed by atoms with E-state index in [-0.39, 0.29) is 6.42 Å². The zero-order valence-electron chi connectivity index (χ0n) is 12.0. The molecule has 0 aliphatic carbocycles. The van der Waals surface area contributed by atoms with E-state index < -0.39 is 23.6 Å². The van der Waals surface area contributed by atoms with Crippen molar-refractivity contribution in [3.8, 4) is 0 Å². The second-order valence-corrected chi connectivity index (χ2v) is 5.55. The van der Waals surface area contributed by atoms with Crippen LogP contribution in [0.1, 0.15) is 26.3 Å². The van der Waals surface area contributed by atoms with Gasteiger partial charge in [-0.1, -0.05) is 12.1 Å². The van der Waals surface area contributed by atoms with Gasteiger partial charge in [0.25, 0.3) is 0 Å². The maximum atomic E-state index is 11.7. The molecule has 1 aromatic carbocycles. The highest BCUT2D eigenvalue weighted by atomic mass is 16.6. The molecule has 1 atom stereocenters. The van der Waals surface area contributed by atoms with Gasteiger partial charge >= 0.3 is 6.09 Å². The van der Waals surface area contributed by atoms with Crippen molar-refractivity contribution in [2.45, 2.75) is 38.8 Å². The molecule has 0 aliphatic heterocycles. The van der Waals surface area contributed by atoms with E-state index in [1.54, 1.807) is 45.0 Å². The lowest BCUT2D eigenvalue weighted by atomic mass is 10.1. The van der Waals surface area contributed by atoms with E-state index in [2.05, 4.69) is 5.32 Å². The van der Waals surface area contributed by atoms with Crippen molar-refractivity contribution < 1.29 is 14.3 Å². The number of benzene rings is 1. The summed E-state index contributed by atoms with van der Waals surface area (Å²) in [5, 5.41) is 2.47. The molecule has 1 aromatic rings. The first-order chi connectivity index (χ1) is 9.17.